The first-order valence-corrected chi connectivity index (χ1v) is 12.3. The fourth-order valence-electron chi connectivity index (χ4n) is 4.33. The smallest absolute Gasteiger partial charge is 0.253 e. The summed E-state index contributed by atoms with van der Waals surface area (Å²) in [7, 11) is 1.90. The third-order valence-electron chi connectivity index (χ3n) is 6.13. The lowest BCUT2D eigenvalue weighted by molar-refractivity contribution is -0.113. The standard InChI is InChI=1S/C25H30N4O2S/c1-3-29-22-12-8-7-11-21(22)27-25(29)32-17-23(30)26-19-15-13-18(14-16-19)24(31)28(2)20-9-5-4-6-10-20/h7-8,11-16,20H,3-6,9-10,17H2,1-2H3,(H,26,30). The largest absolute Gasteiger partial charge is 0.339 e. The van der Waals surface area contributed by atoms with E-state index in [9.17, 15) is 9.59 Å². The Morgan fingerprint density at radius 2 is 1.81 bits per heavy atom. The van der Waals surface area contributed by atoms with Gasteiger partial charge in [-0.1, -0.05) is 43.2 Å². The molecule has 1 fully saturated rings. The van der Waals surface area contributed by atoms with Gasteiger partial charge in [-0.3, -0.25) is 9.59 Å². The van der Waals surface area contributed by atoms with E-state index in [0.717, 1.165) is 35.6 Å². The van der Waals surface area contributed by atoms with Gasteiger partial charge in [0.2, 0.25) is 5.91 Å². The topological polar surface area (TPSA) is 67.2 Å². The Bertz CT molecular complexity index is 1090. The van der Waals surface area contributed by atoms with Crippen molar-refractivity contribution in [3.8, 4) is 0 Å². The SMILES string of the molecule is CCn1c(SCC(=O)Nc2ccc(C(=O)N(C)C3CCCCC3)cc2)nc2ccccc21. The molecule has 0 aliphatic heterocycles. The Morgan fingerprint density at radius 3 is 2.53 bits per heavy atom. The number of benzene rings is 2. The maximum Gasteiger partial charge on any atom is 0.253 e. The molecule has 1 aromatic heterocycles. The molecule has 0 saturated heterocycles. The zero-order valence-electron chi connectivity index (χ0n) is 18.7. The molecule has 2 aromatic carbocycles. The van der Waals surface area contributed by atoms with Gasteiger partial charge >= 0.3 is 0 Å². The first-order chi connectivity index (χ1) is 15.6. The minimum atomic E-state index is -0.0943. The monoisotopic (exact) mass is 450 g/mol. The summed E-state index contributed by atoms with van der Waals surface area (Å²) in [4.78, 5) is 31.8. The van der Waals surface area contributed by atoms with Crippen LogP contribution in [-0.2, 0) is 11.3 Å². The van der Waals surface area contributed by atoms with Gasteiger partial charge in [0, 0.05) is 30.9 Å². The highest BCUT2D eigenvalue weighted by molar-refractivity contribution is 7.99. The van der Waals surface area contributed by atoms with Crippen LogP contribution in [0.25, 0.3) is 11.0 Å². The Kier molecular flexibility index (Phi) is 7.15. The van der Waals surface area contributed by atoms with E-state index in [4.69, 9.17) is 0 Å². The molecule has 3 aromatic rings. The first kappa shape index (κ1) is 22.4. The molecule has 4 rings (SSSR count). The van der Waals surface area contributed by atoms with Crippen LogP contribution >= 0.6 is 11.8 Å². The summed E-state index contributed by atoms with van der Waals surface area (Å²) in [6.45, 7) is 2.88. The van der Waals surface area contributed by atoms with E-state index in [1.54, 1.807) is 24.3 Å². The van der Waals surface area contributed by atoms with Gasteiger partial charge < -0.3 is 14.8 Å². The number of aromatic nitrogens is 2. The highest BCUT2D eigenvalue weighted by Gasteiger charge is 2.23. The van der Waals surface area contributed by atoms with E-state index >= 15 is 0 Å². The van der Waals surface area contributed by atoms with Gasteiger partial charge in [0.25, 0.3) is 5.91 Å². The van der Waals surface area contributed by atoms with Gasteiger partial charge in [-0.05, 0) is 56.2 Å². The predicted molar refractivity (Wildman–Crippen MR) is 130 cm³/mol. The molecule has 1 N–H and O–H groups in total. The first-order valence-electron chi connectivity index (χ1n) is 11.3. The summed E-state index contributed by atoms with van der Waals surface area (Å²) in [5.41, 5.74) is 3.37. The molecule has 0 atom stereocenters. The lowest BCUT2D eigenvalue weighted by Crippen LogP contribution is -2.38. The lowest BCUT2D eigenvalue weighted by atomic mass is 9.94. The summed E-state index contributed by atoms with van der Waals surface area (Å²) >= 11 is 1.43. The van der Waals surface area contributed by atoms with Gasteiger partial charge in [-0.25, -0.2) is 4.98 Å². The Balaban J connectivity index is 1.33. The zero-order chi connectivity index (χ0) is 22.5. The molecule has 1 heterocycles. The Morgan fingerprint density at radius 1 is 1.09 bits per heavy atom. The molecule has 1 aliphatic carbocycles. The number of hydrogen-bond donors (Lipinski definition) is 1. The maximum atomic E-state index is 12.8. The maximum absolute atomic E-state index is 12.8. The van der Waals surface area contributed by atoms with Crippen LogP contribution < -0.4 is 5.32 Å². The molecule has 32 heavy (non-hydrogen) atoms. The van der Waals surface area contributed by atoms with E-state index in [1.807, 2.05) is 36.2 Å². The molecule has 1 saturated carbocycles. The van der Waals surface area contributed by atoms with Crippen molar-refractivity contribution < 1.29 is 9.59 Å². The van der Waals surface area contributed by atoms with Gasteiger partial charge in [0.15, 0.2) is 5.16 Å². The van der Waals surface area contributed by atoms with Crippen LogP contribution in [0.4, 0.5) is 5.69 Å². The van der Waals surface area contributed by atoms with Crippen molar-refractivity contribution in [3.63, 3.8) is 0 Å². The average molecular weight is 451 g/mol. The molecular formula is C25H30N4O2S. The zero-order valence-corrected chi connectivity index (χ0v) is 19.5. The fourth-order valence-corrected chi connectivity index (χ4v) is 5.21. The number of para-hydroxylation sites is 2. The van der Waals surface area contributed by atoms with Crippen molar-refractivity contribution in [3.05, 3.63) is 54.1 Å². The van der Waals surface area contributed by atoms with Crippen molar-refractivity contribution in [2.75, 3.05) is 18.1 Å². The summed E-state index contributed by atoms with van der Waals surface area (Å²) in [5.74, 6) is 0.223. The number of fused-ring (bicyclic) bond motifs is 1. The number of amides is 2. The molecule has 7 heteroatoms. The molecule has 2 amide bonds. The number of imidazole rings is 1. The lowest BCUT2D eigenvalue weighted by Gasteiger charge is -2.31. The number of rotatable bonds is 7. The number of carbonyl (C=O) groups is 2. The average Bonchev–Trinajstić information content (AvgIpc) is 3.20. The summed E-state index contributed by atoms with van der Waals surface area (Å²) in [5, 5.41) is 3.76. The number of nitrogens with zero attached hydrogens (tertiary/aromatic N) is 3. The van der Waals surface area contributed by atoms with Gasteiger partial charge in [-0.15, -0.1) is 0 Å². The number of thioether (sulfide) groups is 1. The molecule has 0 bridgehead atoms. The van der Waals surface area contributed by atoms with Crippen LogP contribution in [0.15, 0.2) is 53.7 Å². The number of aryl methyl sites for hydroxylation is 1. The molecular weight excluding hydrogens is 420 g/mol. The van der Waals surface area contributed by atoms with Crippen LogP contribution in [0.2, 0.25) is 0 Å². The second-order valence-electron chi connectivity index (χ2n) is 8.25. The molecule has 0 radical (unpaired) electrons. The fraction of sp³-hybridized carbons (Fsp3) is 0.400. The number of anilines is 1. The third-order valence-corrected chi connectivity index (χ3v) is 7.10. The van der Waals surface area contributed by atoms with Crippen molar-refractivity contribution in [2.24, 2.45) is 0 Å². The van der Waals surface area contributed by atoms with Gasteiger partial charge in [0.1, 0.15) is 0 Å². The second-order valence-corrected chi connectivity index (χ2v) is 9.19. The molecule has 6 nitrogen and oxygen atoms in total. The summed E-state index contributed by atoms with van der Waals surface area (Å²) in [6, 6.07) is 15.5. The van der Waals surface area contributed by atoms with Gasteiger partial charge in [-0.2, -0.15) is 0 Å². The summed E-state index contributed by atoms with van der Waals surface area (Å²) in [6.07, 6.45) is 5.82. The van der Waals surface area contributed by atoms with Crippen molar-refractivity contribution in [1.29, 1.82) is 0 Å². The van der Waals surface area contributed by atoms with Crippen molar-refractivity contribution >= 4 is 40.3 Å². The van der Waals surface area contributed by atoms with E-state index in [-0.39, 0.29) is 17.6 Å². The number of nitrogens with one attached hydrogen (secondary N) is 1. The second kappa shape index (κ2) is 10.2. The Hall–Kier alpha value is -2.80. The quantitative estimate of drug-likeness (QED) is 0.503. The molecule has 0 spiro atoms. The number of hydrogen-bond acceptors (Lipinski definition) is 4. The predicted octanol–water partition coefficient (Wildman–Crippen LogP) is 5.19. The molecule has 0 unspecified atom stereocenters. The van der Waals surface area contributed by atoms with Crippen LogP contribution in [0.5, 0.6) is 0 Å². The molecule has 1 aliphatic rings. The third kappa shape index (κ3) is 4.99. The normalized spacial score (nSPS) is 14.4. The van der Waals surface area contributed by atoms with E-state index < -0.39 is 0 Å². The van der Waals surface area contributed by atoms with Crippen molar-refractivity contribution in [2.45, 2.75) is 56.8 Å². The van der Waals surface area contributed by atoms with Crippen LogP contribution in [-0.4, -0.2) is 45.1 Å². The van der Waals surface area contributed by atoms with Gasteiger partial charge in [0.05, 0.1) is 16.8 Å². The minimum absolute atomic E-state index is 0.0452. The van der Waals surface area contributed by atoms with Crippen LogP contribution in [0, 0.1) is 0 Å². The highest BCUT2D eigenvalue weighted by atomic mass is 32.2. The van der Waals surface area contributed by atoms with E-state index in [0.29, 0.717) is 17.3 Å². The summed E-state index contributed by atoms with van der Waals surface area (Å²) < 4.78 is 2.12. The Labute approximate surface area is 193 Å². The van der Waals surface area contributed by atoms with E-state index in [1.165, 1.54) is 31.0 Å². The van der Waals surface area contributed by atoms with Crippen LogP contribution in [0.3, 0.4) is 0 Å². The van der Waals surface area contributed by atoms with Crippen LogP contribution in [0.1, 0.15) is 49.4 Å². The minimum Gasteiger partial charge on any atom is -0.339 e. The van der Waals surface area contributed by atoms with E-state index in [2.05, 4.69) is 21.8 Å². The highest BCUT2D eigenvalue weighted by Crippen LogP contribution is 2.25. The molecule has 168 valence electrons. The number of carbonyl (C=O) groups excluding carboxylic acids is 2. The van der Waals surface area contributed by atoms with Crippen molar-refractivity contribution in [1.82, 2.24) is 14.5 Å².